The van der Waals surface area contributed by atoms with Crippen molar-refractivity contribution in [3.8, 4) is 11.5 Å². The summed E-state index contributed by atoms with van der Waals surface area (Å²) in [6.07, 6.45) is -2.87. The molecule has 0 fully saturated rings. The zero-order chi connectivity index (χ0) is 18.7. The number of rotatable bonds is 3. The normalized spacial score (nSPS) is 15.4. The number of alkyl halides is 2. The van der Waals surface area contributed by atoms with Crippen LogP contribution in [-0.2, 0) is 10.0 Å². The van der Waals surface area contributed by atoms with Gasteiger partial charge >= 0.3 is 6.29 Å². The van der Waals surface area contributed by atoms with Gasteiger partial charge in [0, 0.05) is 22.1 Å². The molecule has 0 aliphatic carbocycles. The minimum Gasteiger partial charge on any atom is -0.393 e. The van der Waals surface area contributed by atoms with Crippen LogP contribution in [0, 0.1) is 5.82 Å². The quantitative estimate of drug-likeness (QED) is 0.689. The van der Waals surface area contributed by atoms with Crippen molar-refractivity contribution in [2.45, 2.75) is 11.2 Å². The Morgan fingerprint density at radius 2 is 1.85 bits per heavy atom. The molecule has 0 bridgehead atoms. The molecule has 136 valence electrons. The van der Waals surface area contributed by atoms with Gasteiger partial charge in [0.2, 0.25) is 5.75 Å². The van der Waals surface area contributed by atoms with E-state index in [-0.39, 0.29) is 10.6 Å². The Bertz CT molecular complexity index is 1150. The number of sulfonamides is 1. The molecule has 1 aliphatic heterocycles. The van der Waals surface area contributed by atoms with E-state index < -0.39 is 33.6 Å². The van der Waals surface area contributed by atoms with E-state index in [1.807, 2.05) is 0 Å². The number of halogens is 4. The lowest BCUT2D eigenvalue weighted by atomic mass is 10.2. The summed E-state index contributed by atoms with van der Waals surface area (Å²) in [5.41, 5.74) is 0.0789. The first kappa shape index (κ1) is 16.9. The molecular weight excluding hydrogens is 397 g/mol. The number of ether oxygens (including phenoxy) is 2. The molecule has 0 radical (unpaired) electrons. The second-order valence-corrected chi connectivity index (χ2v) is 7.46. The van der Waals surface area contributed by atoms with Gasteiger partial charge in [0.1, 0.15) is 4.90 Å². The van der Waals surface area contributed by atoms with Gasteiger partial charge in [-0.2, -0.15) is 0 Å². The number of hydrogen-bond acceptors (Lipinski definition) is 4. The lowest BCUT2D eigenvalue weighted by Crippen LogP contribution is -2.26. The molecule has 6 nitrogen and oxygen atoms in total. The third kappa shape index (κ3) is 2.71. The van der Waals surface area contributed by atoms with Gasteiger partial charge in [-0.05, 0) is 30.3 Å². The van der Waals surface area contributed by atoms with E-state index in [9.17, 15) is 21.6 Å². The maximum atomic E-state index is 13.6. The van der Waals surface area contributed by atoms with Crippen LogP contribution in [-0.4, -0.2) is 19.7 Å². The first-order valence-corrected chi connectivity index (χ1v) is 8.90. The predicted molar refractivity (Wildman–Crippen MR) is 86.7 cm³/mol. The number of fused-ring (bicyclic) bond motifs is 2. The average molecular weight is 405 g/mol. The summed E-state index contributed by atoms with van der Waals surface area (Å²) >= 11 is 5.86. The van der Waals surface area contributed by atoms with Crippen molar-refractivity contribution in [3.63, 3.8) is 0 Å². The van der Waals surface area contributed by atoms with Crippen LogP contribution < -0.4 is 14.2 Å². The lowest BCUT2D eigenvalue weighted by molar-refractivity contribution is -0.287. The van der Waals surface area contributed by atoms with Crippen LogP contribution in [0.25, 0.3) is 10.9 Å². The monoisotopic (exact) mass is 404 g/mol. The van der Waals surface area contributed by atoms with Gasteiger partial charge in [-0.25, -0.2) is 12.8 Å². The minimum absolute atomic E-state index is 0.145. The van der Waals surface area contributed by atoms with Crippen LogP contribution in [0.15, 0.2) is 41.4 Å². The van der Waals surface area contributed by atoms with Crippen molar-refractivity contribution in [1.29, 1.82) is 0 Å². The zero-order valence-corrected chi connectivity index (χ0v) is 14.1. The van der Waals surface area contributed by atoms with Crippen molar-refractivity contribution in [2.24, 2.45) is 0 Å². The van der Waals surface area contributed by atoms with Gasteiger partial charge in [0.25, 0.3) is 10.0 Å². The topological polar surface area (TPSA) is 80.4 Å². The van der Waals surface area contributed by atoms with Crippen molar-refractivity contribution in [2.75, 3.05) is 4.72 Å². The maximum Gasteiger partial charge on any atom is 0.586 e. The third-order valence-corrected chi connectivity index (χ3v) is 5.29. The fraction of sp³-hybridized carbons (Fsp3) is 0.0667. The van der Waals surface area contributed by atoms with E-state index in [1.54, 1.807) is 0 Å². The minimum atomic E-state index is -4.21. The standard InChI is InChI=1S/C15H8ClF3N2O4S/c16-7-1-2-8-11(5-7)20-6-12(8)26(22,23)21-10-4-3-9(17)13-14(10)25-15(18,19)24-13/h1-6,20-21H. The number of aromatic amines is 1. The predicted octanol–water partition coefficient (Wildman–Crippen LogP) is 4.08. The summed E-state index contributed by atoms with van der Waals surface area (Å²) in [5, 5.41) is 0.739. The summed E-state index contributed by atoms with van der Waals surface area (Å²) in [5.74, 6) is -2.72. The molecule has 26 heavy (non-hydrogen) atoms. The Morgan fingerprint density at radius 1 is 1.12 bits per heavy atom. The highest BCUT2D eigenvalue weighted by molar-refractivity contribution is 7.93. The Kier molecular flexibility index (Phi) is 3.53. The Hall–Kier alpha value is -2.59. The number of anilines is 1. The van der Waals surface area contributed by atoms with E-state index in [0.717, 1.165) is 12.1 Å². The second-order valence-electron chi connectivity index (χ2n) is 5.37. The molecule has 0 saturated heterocycles. The molecular formula is C15H8ClF3N2O4S. The number of H-pyrrole nitrogens is 1. The summed E-state index contributed by atoms with van der Waals surface area (Å²) in [7, 11) is -4.21. The van der Waals surface area contributed by atoms with Crippen molar-refractivity contribution >= 4 is 38.2 Å². The van der Waals surface area contributed by atoms with E-state index >= 15 is 0 Å². The molecule has 1 aromatic heterocycles. The van der Waals surface area contributed by atoms with Crippen molar-refractivity contribution in [1.82, 2.24) is 4.98 Å². The molecule has 0 spiro atoms. The first-order valence-electron chi connectivity index (χ1n) is 7.04. The Labute approximate surface area is 149 Å². The molecule has 4 rings (SSSR count). The van der Waals surface area contributed by atoms with E-state index in [2.05, 4.69) is 19.2 Å². The lowest BCUT2D eigenvalue weighted by Gasteiger charge is -2.10. The molecule has 0 amide bonds. The number of hydrogen-bond donors (Lipinski definition) is 2. The van der Waals surface area contributed by atoms with Crippen LogP contribution in [0.1, 0.15) is 0 Å². The highest BCUT2D eigenvalue weighted by atomic mass is 35.5. The van der Waals surface area contributed by atoms with Crippen LogP contribution in [0.4, 0.5) is 18.9 Å². The smallest absolute Gasteiger partial charge is 0.393 e. The van der Waals surface area contributed by atoms with Crippen molar-refractivity contribution in [3.05, 3.63) is 47.4 Å². The van der Waals surface area contributed by atoms with E-state index in [0.29, 0.717) is 15.9 Å². The summed E-state index contributed by atoms with van der Waals surface area (Å²) < 4.78 is 75.9. The van der Waals surface area contributed by atoms with Gasteiger partial charge in [0.15, 0.2) is 11.6 Å². The first-order chi connectivity index (χ1) is 12.2. The largest absolute Gasteiger partial charge is 0.586 e. The summed E-state index contributed by atoms with van der Waals surface area (Å²) in [6, 6.07) is 6.27. The summed E-state index contributed by atoms with van der Waals surface area (Å²) in [6.45, 7) is 0. The summed E-state index contributed by atoms with van der Waals surface area (Å²) in [4.78, 5) is 2.61. The van der Waals surface area contributed by atoms with Crippen LogP contribution >= 0.6 is 11.6 Å². The zero-order valence-electron chi connectivity index (χ0n) is 12.5. The third-order valence-electron chi connectivity index (χ3n) is 3.65. The molecule has 1 aliphatic rings. The molecule has 11 heteroatoms. The van der Waals surface area contributed by atoms with E-state index in [4.69, 9.17) is 11.6 Å². The van der Waals surface area contributed by atoms with Gasteiger partial charge in [-0.1, -0.05) is 11.6 Å². The molecule has 2 heterocycles. The highest BCUT2D eigenvalue weighted by Gasteiger charge is 2.46. The van der Waals surface area contributed by atoms with Gasteiger partial charge in [-0.3, -0.25) is 4.72 Å². The molecule has 3 aromatic rings. The number of aromatic nitrogens is 1. The number of benzene rings is 2. The molecule has 0 atom stereocenters. The Morgan fingerprint density at radius 3 is 2.62 bits per heavy atom. The van der Waals surface area contributed by atoms with Gasteiger partial charge < -0.3 is 14.5 Å². The second kappa shape index (κ2) is 5.45. The fourth-order valence-electron chi connectivity index (χ4n) is 2.57. The molecule has 0 saturated carbocycles. The molecule has 0 unspecified atom stereocenters. The molecule has 2 aromatic carbocycles. The average Bonchev–Trinajstić information content (AvgIpc) is 3.10. The van der Waals surface area contributed by atoms with Crippen LogP contribution in [0.5, 0.6) is 11.5 Å². The van der Waals surface area contributed by atoms with Crippen LogP contribution in [0.3, 0.4) is 0 Å². The van der Waals surface area contributed by atoms with E-state index in [1.165, 1.54) is 24.4 Å². The molecule has 2 N–H and O–H groups in total. The number of nitrogens with one attached hydrogen (secondary N) is 2. The highest BCUT2D eigenvalue weighted by Crippen LogP contribution is 2.48. The Balaban J connectivity index is 1.77. The van der Waals surface area contributed by atoms with Crippen LogP contribution in [0.2, 0.25) is 5.02 Å². The SMILES string of the molecule is O=S(=O)(Nc1ccc(F)c2c1OC(F)(F)O2)c1c[nH]c2cc(Cl)ccc12. The fourth-order valence-corrected chi connectivity index (χ4v) is 3.98. The van der Waals surface area contributed by atoms with Gasteiger partial charge in [-0.15, -0.1) is 8.78 Å². The maximum absolute atomic E-state index is 13.6. The van der Waals surface area contributed by atoms with Gasteiger partial charge in [0.05, 0.1) is 5.69 Å². The van der Waals surface area contributed by atoms with Crippen molar-refractivity contribution < 1.29 is 31.1 Å².